The van der Waals surface area contributed by atoms with Crippen molar-refractivity contribution in [3.63, 3.8) is 0 Å². The average Bonchev–Trinajstić information content (AvgIpc) is 2.84. The van der Waals surface area contributed by atoms with E-state index in [1.54, 1.807) is 0 Å². The molecule has 3 aromatic carbocycles. The number of fused-ring (bicyclic) bond motifs is 3. The van der Waals surface area contributed by atoms with Gasteiger partial charge in [0.15, 0.2) is 0 Å². The number of rotatable bonds is 2. The molecule has 0 radical (unpaired) electrons. The third-order valence-corrected chi connectivity index (χ3v) is 6.72. The molecule has 1 aliphatic heterocycles. The van der Waals surface area contributed by atoms with Crippen molar-refractivity contribution in [3.05, 3.63) is 123 Å². The van der Waals surface area contributed by atoms with Gasteiger partial charge in [0.25, 0.3) is 0 Å². The lowest BCUT2D eigenvalue weighted by atomic mass is 9.67. The standard InChI is InChI=1S/C25H17I/c1-2-9-19(10-3-1)25(20-11-8-17-26-18-16-20)23-14-6-4-12-21(23)22-13-5-7-15-24(22)25/h1-16,18H. The number of allylic oxidation sites excluding steroid dienone is 4. The molecule has 0 nitrogen and oxygen atoms in total. The summed E-state index contributed by atoms with van der Waals surface area (Å²) >= 11 is -0.123. The van der Waals surface area contributed by atoms with E-state index in [1.807, 2.05) is 0 Å². The minimum absolute atomic E-state index is 0.123. The Balaban J connectivity index is 1.95. The van der Waals surface area contributed by atoms with Crippen LogP contribution in [0.15, 0.2) is 107 Å². The van der Waals surface area contributed by atoms with Crippen LogP contribution in [-0.2, 0) is 5.41 Å². The van der Waals surface area contributed by atoms with Crippen LogP contribution in [-0.4, -0.2) is 3.67 Å². The molecular weight excluding hydrogens is 427 g/mol. The normalized spacial score (nSPS) is 16.2. The molecule has 0 saturated heterocycles. The van der Waals surface area contributed by atoms with Crippen molar-refractivity contribution in [2.75, 3.05) is 0 Å². The Labute approximate surface area is 164 Å². The Bertz CT molecular complexity index is 1060. The molecule has 26 heavy (non-hydrogen) atoms. The zero-order valence-electron chi connectivity index (χ0n) is 14.2. The molecule has 0 amide bonds. The van der Waals surface area contributed by atoms with Crippen LogP contribution in [0.1, 0.15) is 16.7 Å². The highest BCUT2D eigenvalue weighted by atomic mass is 127. The maximum atomic E-state index is 3.44. The van der Waals surface area contributed by atoms with Gasteiger partial charge >= 0.3 is 0 Å². The van der Waals surface area contributed by atoms with E-state index in [0.29, 0.717) is 0 Å². The Hall–Kier alpha value is -2.48. The van der Waals surface area contributed by atoms with Crippen LogP contribution in [0.3, 0.4) is 0 Å². The maximum Gasteiger partial charge on any atom is 0.0713 e. The summed E-state index contributed by atoms with van der Waals surface area (Å²) in [6, 6.07) is 28.7. The largest absolute Gasteiger partial charge is 0.0825 e. The molecule has 0 atom stereocenters. The van der Waals surface area contributed by atoms with Gasteiger partial charge in [-0.1, -0.05) is 88.6 Å². The minimum Gasteiger partial charge on any atom is -0.0825 e. The van der Waals surface area contributed by atoms with Gasteiger partial charge in [0, 0.05) is 0 Å². The smallest absolute Gasteiger partial charge is 0.0713 e. The number of halogens is 1. The highest BCUT2D eigenvalue weighted by Gasteiger charge is 2.46. The molecule has 3 aromatic rings. The summed E-state index contributed by atoms with van der Waals surface area (Å²) in [6.45, 7) is 0. The lowest BCUT2D eigenvalue weighted by Gasteiger charge is -2.34. The highest BCUT2D eigenvalue weighted by Crippen LogP contribution is 2.56. The Morgan fingerprint density at radius 1 is 0.692 bits per heavy atom. The Kier molecular flexibility index (Phi) is 3.85. The van der Waals surface area contributed by atoms with Crippen molar-refractivity contribution >= 4 is 24.4 Å². The van der Waals surface area contributed by atoms with Gasteiger partial charge in [0.2, 0.25) is 0 Å². The van der Waals surface area contributed by atoms with Crippen LogP contribution >= 0.6 is 20.7 Å². The SMILES string of the molecule is C1=CC=C(C2(c3ccccc3)c3ccccc3-c3ccccc32)C=CI=1. The van der Waals surface area contributed by atoms with Gasteiger partial charge in [-0.3, -0.25) is 0 Å². The van der Waals surface area contributed by atoms with Crippen molar-refractivity contribution in [2.24, 2.45) is 0 Å². The first-order chi connectivity index (χ1) is 12.9. The van der Waals surface area contributed by atoms with Gasteiger partial charge in [-0.15, -0.1) is 0 Å². The van der Waals surface area contributed by atoms with Crippen LogP contribution in [0.2, 0.25) is 0 Å². The summed E-state index contributed by atoms with van der Waals surface area (Å²) in [5.74, 6) is 0. The zero-order chi connectivity index (χ0) is 17.4. The van der Waals surface area contributed by atoms with Crippen molar-refractivity contribution in [3.8, 4) is 11.1 Å². The molecule has 0 fully saturated rings. The van der Waals surface area contributed by atoms with Gasteiger partial charge in [-0.2, -0.15) is 0 Å². The Morgan fingerprint density at radius 2 is 1.31 bits per heavy atom. The van der Waals surface area contributed by atoms with E-state index in [1.165, 1.54) is 33.4 Å². The fraction of sp³-hybridized carbons (Fsp3) is 0.0400. The first-order valence-corrected chi connectivity index (χ1v) is 11.1. The molecule has 1 heterocycles. The van der Waals surface area contributed by atoms with Crippen LogP contribution in [0.4, 0.5) is 0 Å². The number of benzene rings is 3. The second-order valence-electron chi connectivity index (χ2n) is 6.51. The van der Waals surface area contributed by atoms with Crippen LogP contribution < -0.4 is 0 Å². The van der Waals surface area contributed by atoms with Gasteiger partial charge < -0.3 is 0 Å². The lowest BCUT2D eigenvalue weighted by Crippen LogP contribution is -2.28. The third kappa shape index (κ3) is 2.18. The quantitative estimate of drug-likeness (QED) is 0.403. The van der Waals surface area contributed by atoms with Gasteiger partial charge in [-0.25, -0.2) is 0 Å². The predicted molar refractivity (Wildman–Crippen MR) is 119 cm³/mol. The van der Waals surface area contributed by atoms with Crippen molar-refractivity contribution < 1.29 is 0 Å². The molecule has 1 aliphatic carbocycles. The van der Waals surface area contributed by atoms with Gasteiger partial charge in [0.1, 0.15) is 0 Å². The molecule has 124 valence electrons. The minimum atomic E-state index is -0.267. The zero-order valence-corrected chi connectivity index (χ0v) is 16.4. The first kappa shape index (κ1) is 15.7. The number of hydrogen-bond acceptors (Lipinski definition) is 0. The molecule has 0 aromatic heterocycles. The van der Waals surface area contributed by atoms with Gasteiger partial charge in [-0.05, 0) is 70.4 Å². The van der Waals surface area contributed by atoms with Gasteiger partial charge in [0.05, 0.1) is 5.41 Å². The molecule has 0 N–H and O–H groups in total. The summed E-state index contributed by atoms with van der Waals surface area (Å²) in [6.07, 6.45) is 6.71. The van der Waals surface area contributed by atoms with E-state index in [2.05, 4.69) is 105 Å². The summed E-state index contributed by atoms with van der Waals surface area (Å²) in [4.78, 5) is 0. The van der Waals surface area contributed by atoms with E-state index in [-0.39, 0.29) is 26.1 Å². The van der Waals surface area contributed by atoms with E-state index in [4.69, 9.17) is 0 Å². The molecule has 2 aliphatic rings. The summed E-state index contributed by atoms with van der Waals surface area (Å²) in [7, 11) is 0. The van der Waals surface area contributed by atoms with Crippen LogP contribution in [0.25, 0.3) is 11.1 Å². The van der Waals surface area contributed by atoms with E-state index < -0.39 is 0 Å². The molecule has 1 heteroatoms. The van der Waals surface area contributed by atoms with E-state index in [9.17, 15) is 0 Å². The molecule has 0 bridgehead atoms. The van der Waals surface area contributed by atoms with Crippen molar-refractivity contribution in [2.45, 2.75) is 5.41 Å². The molecular formula is C25H17I. The summed E-state index contributed by atoms with van der Waals surface area (Å²) in [5.41, 5.74) is 7.81. The van der Waals surface area contributed by atoms with Crippen LogP contribution in [0, 0.1) is 0 Å². The summed E-state index contributed by atoms with van der Waals surface area (Å²) in [5, 5.41) is 0. The van der Waals surface area contributed by atoms with Crippen molar-refractivity contribution in [1.82, 2.24) is 0 Å². The predicted octanol–water partition coefficient (Wildman–Crippen LogP) is 6.38. The monoisotopic (exact) mass is 444 g/mol. The fourth-order valence-corrected chi connectivity index (χ4v) is 5.47. The summed E-state index contributed by atoms with van der Waals surface area (Å²) < 4.78 is 5.76. The lowest BCUT2D eigenvalue weighted by molar-refractivity contribution is 0.767. The average molecular weight is 444 g/mol. The van der Waals surface area contributed by atoms with Crippen LogP contribution in [0.5, 0.6) is 0 Å². The second kappa shape index (κ2) is 6.35. The Morgan fingerprint density at radius 3 is 2.00 bits per heavy atom. The molecule has 0 unspecified atom stereocenters. The molecule has 0 spiro atoms. The third-order valence-electron chi connectivity index (χ3n) is 5.29. The topological polar surface area (TPSA) is 0 Å². The van der Waals surface area contributed by atoms with E-state index >= 15 is 0 Å². The maximum absolute atomic E-state index is 3.44. The molecule has 5 rings (SSSR count). The fourth-order valence-electron chi connectivity index (χ4n) is 4.31. The second-order valence-corrected chi connectivity index (χ2v) is 8.47. The molecule has 0 saturated carbocycles. The van der Waals surface area contributed by atoms with Crippen molar-refractivity contribution in [1.29, 1.82) is 0 Å². The van der Waals surface area contributed by atoms with E-state index in [0.717, 1.165) is 0 Å². The number of hydrogen-bond donors (Lipinski definition) is 0. The first-order valence-electron chi connectivity index (χ1n) is 8.76. The highest BCUT2D eigenvalue weighted by molar-refractivity contribution is 14.2.